The molecule has 0 atom stereocenters. The summed E-state index contributed by atoms with van der Waals surface area (Å²) in [6.45, 7) is 5.46. The maximum absolute atomic E-state index is 14.1. The predicted molar refractivity (Wildman–Crippen MR) is 85.6 cm³/mol. The molecule has 1 aromatic carbocycles. The SMILES string of the molecule is CC(C)COCCC(=O)NCc1ccc(-n2ccnc2)c(F)c1. The van der Waals surface area contributed by atoms with Gasteiger partial charge in [0.15, 0.2) is 0 Å². The van der Waals surface area contributed by atoms with Gasteiger partial charge in [-0.1, -0.05) is 19.9 Å². The van der Waals surface area contributed by atoms with Crippen LogP contribution in [0.3, 0.4) is 0 Å². The van der Waals surface area contributed by atoms with Crippen molar-refractivity contribution in [1.29, 1.82) is 0 Å². The first-order chi connectivity index (χ1) is 11.1. The average molecular weight is 319 g/mol. The second-order valence-corrected chi connectivity index (χ2v) is 5.75. The summed E-state index contributed by atoms with van der Waals surface area (Å²) < 4.78 is 21.0. The Morgan fingerprint density at radius 2 is 2.26 bits per heavy atom. The molecule has 6 heteroatoms. The Balaban J connectivity index is 1.80. The molecule has 5 nitrogen and oxygen atoms in total. The van der Waals surface area contributed by atoms with Crippen molar-refractivity contribution in [1.82, 2.24) is 14.9 Å². The molecule has 0 saturated carbocycles. The van der Waals surface area contributed by atoms with E-state index in [0.717, 1.165) is 0 Å². The summed E-state index contributed by atoms with van der Waals surface area (Å²) in [4.78, 5) is 15.6. The molecule has 0 spiro atoms. The normalized spacial score (nSPS) is 11.0. The number of carbonyl (C=O) groups is 1. The van der Waals surface area contributed by atoms with Gasteiger partial charge < -0.3 is 14.6 Å². The Bertz CT molecular complexity index is 627. The summed E-state index contributed by atoms with van der Waals surface area (Å²) in [7, 11) is 0. The van der Waals surface area contributed by atoms with Crippen LogP contribution in [-0.2, 0) is 16.1 Å². The molecule has 0 aliphatic rings. The van der Waals surface area contributed by atoms with Crippen LogP contribution in [0.25, 0.3) is 5.69 Å². The summed E-state index contributed by atoms with van der Waals surface area (Å²) in [6.07, 6.45) is 5.12. The summed E-state index contributed by atoms with van der Waals surface area (Å²) in [5, 5.41) is 2.76. The first-order valence-electron chi connectivity index (χ1n) is 7.67. The van der Waals surface area contributed by atoms with E-state index in [1.165, 1.54) is 12.4 Å². The molecule has 0 aliphatic heterocycles. The molecule has 0 unspecified atom stereocenters. The minimum Gasteiger partial charge on any atom is -0.381 e. The van der Waals surface area contributed by atoms with Crippen LogP contribution in [0.5, 0.6) is 0 Å². The highest BCUT2D eigenvalue weighted by Gasteiger charge is 2.07. The summed E-state index contributed by atoms with van der Waals surface area (Å²) in [6, 6.07) is 4.88. The van der Waals surface area contributed by atoms with Gasteiger partial charge in [-0.3, -0.25) is 4.79 Å². The van der Waals surface area contributed by atoms with Gasteiger partial charge in [-0.15, -0.1) is 0 Å². The molecule has 23 heavy (non-hydrogen) atoms. The van der Waals surface area contributed by atoms with Crippen molar-refractivity contribution in [2.24, 2.45) is 5.92 Å². The van der Waals surface area contributed by atoms with Gasteiger partial charge >= 0.3 is 0 Å². The van der Waals surface area contributed by atoms with E-state index in [1.54, 1.807) is 29.1 Å². The molecule has 0 aliphatic carbocycles. The van der Waals surface area contributed by atoms with E-state index in [-0.39, 0.29) is 11.7 Å². The van der Waals surface area contributed by atoms with Gasteiger partial charge in [0.2, 0.25) is 5.91 Å². The highest BCUT2D eigenvalue weighted by Crippen LogP contribution is 2.14. The van der Waals surface area contributed by atoms with Crippen LogP contribution in [0.1, 0.15) is 25.8 Å². The lowest BCUT2D eigenvalue weighted by Gasteiger charge is -2.09. The molecule has 0 radical (unpaired) electrons. The van der Waals surface area contributed by atoms with E-state index in [2.05, 4.69) is 24.1 Å². The van der Waals surface area contributed by atoms with Crippen molar-refractivity contribution in [2.75, 3.05) is 13.2 Å². The van der Waals surface area contributed by atoms with Crippen molar-refractivity contribution in [2.45, 2.75) is 26.8 Å². The largest absolute Gasteiger partial charge is 0.381 e. The van der Waals surface area contributed by atoms with Crippen molar-refractivity contribution in [3.8, 4) is 5.69 Å². The van der Waals surface area contributed by atoms with Crippen LogP contribution >= 0.6 is 0 Å². The van der Waals surface area contributed by atoms with Crippen LogP contribution in [0.15, 0.2) is 36.9 Å². The number of amides is 1. The quantitative estimate of drug-likeness (QED) is 0.761. The van der Waals surface area contributed by atoms with Crippen molar-refractivity contribution >= 4 is 5.91 Å². The number of benzene rings is 1. The van der Waals surface area contributed by atoms with Crippen LogP contribution in [0.2, 0.25) is 0 Å². The molecule has 0 bridgehead atoms. The smallest absolute Gasteiger partial charge is 0.222 e. The van der Waals surface area contributed by atoms with Gasteiger partial charge in [-0.25, -0.2) is 9.37 Å². The van der Waals surface area contributed by atoms with Gasteiger partial charge in [-0.05, 0) is 23.6 Å². The standard InChI is InChI=1S/C17H22FN3O2/c1-13(2)11-23-8-5-17(22)20-10-14-3-4-16(15(18)9-14)21-7-6-19-12-21/h3-4,6-7,9,12-13H,5,8,10-11H2,1-2H3,(H,20,22). The summed E-state index contributed by atoms with van der Waals surface area (Å²) >= 11 is 0. The van der Waals surface area contributed by atoms with Gasteiger partial charge in [0.25, 0.3) is 0 Å². The van der Waals surface area contributed by atoms with Crippen LogP contribution in [-0.4, -0.2) is 28.7 Å². The number of hydrogen-bond acceptors (Lipinski definition) is 3. The van der Waals surface area contributed by atoms with E-state index >= 15 is 0 Å². The third-order valence-corrected chi connectivity index (χ3v) is 3.21. The minimum atomic E-state index is -0.352. The first kappa shape index (κ1) is 17.1. The number of carbonyl (C=O) groups excluding carboxylic acids is 1. The van der Waals surface area contributed by atoms with Crippen molar-refractivity contribution in [3.05, 3.63) is 48.3 Å². The number of rotatable bonds is 8. The fourth-order valence-corrected chi connectivity index (χ4v) is 2.04. The van der Waals surface area contributed by atoms with E-state index in [9.17, 15) is 9.18 Å². The number of aromatic nitrogens is 2. The number of nitrogens with zero attached hydrogens (tertiary/aromatic N) is 2. The van der Waals surface area contributed by atoms with Crippen LogP contribution < -0.4 is 5.32 Å². The highest BCUT2D eigenvalue weighted by atomic mass is 19.1. The lowest BCUT2D eigenvalue weighted by atomic mass is 10.2. The number of ether oxygens (including phenoxy) is 1. The molecule has 0 saturated heterocycles. The highest BCUT2D eigenvalue weighted by molar-refractivity contribution is 5.75. The lowest BCUT2D eigenvalue weighted by Crippen LogP contribution is -2.24. The average Bonchev–Trinajstić information content (AvgIpc) is 3.03. The fraction of sp³-hybridized carbons (Fsp3) is 0.412. The monoisotopic (exact) mass is 319 g/mol. The van der Waals surface area contributed by atoms with Crippen LogP contribution in [0, 0.1) is 11.7 Å². The van der Waals surface area contributed by atoms with E-state index in [4.69, 9.17) is 4.74 Å². The summed E-state index contributed by atoms with van der Waals surface area (Å²) in [5.41, 5.74) is 1.14. The second kappa shape index (κ2) is 8.43. The number of hydrogen-bond donors (Lipinski definition) is 1. The molecule has 2 aromatic rings. The van der Waals surface area contributed by atoms with E-state index in [0.29, 0.717) is 43.3 Å². The van der Waals surface area contributed by atoms with Gasteiger partial charge in [0.05, 0.1) is 18.6 Å². The molecule has 124 valence electrons. The molecule has 1 N–H and O–H groups in total. The zero-order valence-electron chi connectivity index (χ0n) is 13.5. The molecule has 1 aromatic heterocycles. The van der Waals surface area contributed by atoms with Crippen molar-refractivity contribution in [3.63, 3.8) is 0 Å². The Labute approximate surface area is 135 Å². The van der Waals surface area contributed by atoms with Gasteiger partial charge in [-0.2, -0.15) is 0 Å². The minimum absolute atomic E-state index is 0.104. The fourth-order valence-electron chi connectivity index (χ4n) is 2.04. The van der Waals surface area contributed by atoms with E-state index in [1.807, 2.05) is 0 Å². The molecule has 1 heterocycles. The number of nitrogens with one attached hydrogen (secondary N) is 1. The molecular weight excluding hydrogens is 297 g/mol. The molecule has 0 fully saturated rings. The maximum atomic E-state index is 14.1. The second-order valence-electron chi connectivity index (χ2n) is 5.75. The Morgan fingerprint density at radius 3 is 2.91 bits per heavy atom. The molecule has 2 rings (SSSR count). The predicted octanol–water partition coefficient (Wildman–Crippen LogP) is 2.69. The lowest BCUT2D eigenvalue weighted by molar-refractivity contribution is -0.122. The zero-order chi connectivity index (χ0) is 16.7. The van der Waals surface area contributed by atoms with Crippen LogP contribution in [0.4, 0.5) is 4.39 Å². The third-order valence-electron chi connectivity index (χ3n) is 3.21. The van der Waals surface area contributed by atoms with E-state index < -0.39 is 0 Å². The van der Waals surface area contributed by atoms with Gasteiger partial charge in [0, 0.05) is 32.0 Å². The third kappa shape index (κ3) is 5.49. The first-order valence-corrected chi connectivity index (χ1v) is 7.67. The Kier molecular flexibility index (Phi) is 6.29. The Morgan fingerprint density at radius 1 is 1.43 bits per heavy atom. The topological polar surface area (TPSA) is 56.1 Å². The molecular formula is C17H22FN3O2. The zero-order valence-corrected chi connectivity index (χ0v) is 13.5. The summed E-state index contributed by atoms with van der Waals surface area (Å²) in [5.74, 6) is -0.00193. The molecule has 1 amide bonds. The Hall–Kier alpha value is -2.21. The van der Waals surface area contributed by atoms with Crippen molar-refractivity contribution < 1.29 is 13.9 Å². The van der Waals surface area contributed by atoms with Gasteiger partial charge in [0.1, 0.15) is 5.82 Å². The number of halogens is 1. The maximum Gasteiger partial charge on any atom is 0.222 e. The number of imidazole rings is 1.